The van der Waals surface area contributed by atoms with Crippen LogP contribution in [0.2, 0.25) is 0 Å². The molecule has 1 aliphatic carbocycles. The highest BCUT2D eigenvalue weighted by molar-refractivity contribution is 6.23. The molecule has 0 spiro atoms. The summed E-state index contributed by atoms with van der Waals surface area (Å²) in [5.74, 6) is -0.229. The fraction of sp³-hybridized carbons (Fsp3) is 0.490. The molecule has 17 nitrogen and oxygen atoms in total. The number of nitrogens with one attached hydrogen (secondary N) is 2. The van der Waals surface area contributed by atoms with Crippen LogP contribution in [0.3, 0.4) is 0 Å². The van der Waals surface area contributed by atoms with Crippen molar-refractivity contribution in [1.82, 2.24) is 34.9 Å². The lowest BCUT2D eigenvalue weighted by atomic mass is 10.0. The first-order valence-electron chi connectivity index (χ1n) is 23.4. The van der Waals surface area contributed by atoms with E-state index in [1.807, 2.05) is 13.1 Å². The lowest BCUT2D eigenvalue weighted by Crippen LogP contribution is -2.54. The number of fused-ring (bicyclic) bond motifs is 2. The summed E-state index contributed by atoms with van der Waals surface area (Å²) in [5.41, 5.74) is 7.11. The molecule has 3 saturated heterocycles. The number of benzene rings is 3. The summed E-state index contributed by atoms with van der Waals surface area (Å²) in [7, 11) is 3.38. The van der Waals surface area contributed by atoms with Crippen molar-refractivity contribution in [2.24, 2.45) is 5.41 Å². The number of hydrogen-bond acceptors (Lipinski definition) is 14. The Hall–Kier alpha value is -6.54. The maximum absolute atomic E-state index is 13.6. The summed E-state index contributed by atoms with van der Waals surface area (Å²) in [6, 6.07) is 11.1. The predicted molar refractivity (Wildman–Crippen MR) is 250 cm³/mol. The Morgan fingerprint density at radius 2 is 1.67 bits per heavy atom. The molecule has 4 N–H and O–H groups in total. The number of carbonyl (C=O) groups excluding carboxylic acids is 5. The van der Waals surface area contributed by atoms with Gasteiger partial charge in [0.25, 0.3) is 11.8 Å². The highest BCUT2D eigenvalue weighted by Gasteiger charge is 2.47. The number of alkyl halides is 3. The normalized spacial score (nSPS) is 20.5. The van der Waals surface area contributed by atoms with Crippen molar-refractivity contribution in [2.45, 2.75) is 76.7 Å². The molecule has 5 heterocycles. The molecule has 1 saturated carbocycles. The zero-order valence-electron chi connectivity index (χ0n) is 39.2. The maximum atomic E-state index is 13.6. The van der Waals surface area contributed by atoms with Gasteiger partial charge in [0.2, 0.25) is 17.7 Å². The molecule has 4 aliphatic heterocycles. The summed E-state index contributed by atoms with van der Waals surface area (Å²) in [4.78, 5) is 83.3. The van der Waals surface area contributed by atoms with E-state index in [9.17, 15) is 37.1 Å². The van der Waals surface area contributed by atoms with Crippen LogP contribution in [0.1, 0.15) is 89.2 Å². The first-order chi connectivity index (χ1) is 32.9. The Labute approximate surface area is 397 Å². The minimum atomic E-state index is -4.55. The number of aromatic nitrogens is 2. The monoisotopic (exact) mass is 954 g/mol. The average molecular weight is 955 g/mol. The first-order valence-corrected chi connectivity index (χ1v) is 23.4. The molecule has 2 atom stereocenters. The topological polar surface area (TPSA) is 196 Å². The van der Waals surface area contributed by atoms with Crippen molar-refractivity contribution < 1.29 is 46.6 Å². The van der Waals surface area contributed by atoms with E-state index in [1.165, 1.54) is 6.07 Å². The lowest BCUT2D eigenvalue weighted by Gasteiger charge is -2.43. The SMILES string of the molecule is COc1cc2nc(C)nc(N[C@H](C)c3cc(N)cc(C(F)(F)F)c3)c2cc1OCC1(CN(C)C(=O)CN2CCN(C3CCN(c4ccc5c(c4)C(=O)N(C4CCC(=O)NC4=O)C5=O)CC3)CC2)CC1. The number of rotatable bonds is 14. The number of anilines is 3. The number of nitrogen functional groups attached to an aromatic ring is 1. The number of methoxy groups -OCH3 is 1. The van der Waals surface area contributed by atoms with Crippen LogP contribution >= 0.6 is 0 Å². The zero-order valence-corrected chi connectivity index (χ0v) is 39.2. The molecule has 3 aromatic carbocycles. The van der Waals surface area contributed by atoms with Gasteiger partial charge in [0.05, 0.1) is 48.5 Å². The molecule has 5 aliphatic rings. The van der Waals surface area contributed by atoms with Crippen molar-refractivity contribution in [2.75, 3.05) is 89.1 Å². The van der Waals surface area contributed by atoms with Gasteiger partial charge in [-0.05, 0) is 94.0 Å². The Morgan fingerprint density at radius 3 is 2.35 bits per heavy atom. The molecule has 0 radical (unpaired) electrons. The number of piperidine rings is 2. The lowest BCUT2D eigenvalue weighted by molar-refractivity contribution is -0.138. The van der Waals surface area contributed by atoms with E-state index in [2.05, 4.69) is 35.3 Å². The van der Waals surface area contributed by atoms with Gasteiger partial charge >= 0.3 is 6.18 Å². The van der Waals surface area contributed by atoms with Gasteiger partial charge in [-0.1, -0.05) is 0 Å². The summed E-state index contributed by atoms with van der Waals surface area (Å²) < 4.78 is 53.0. The van der Waals surface area contributed by atoms with Crippen LogP contribution in [-0.2, 0) is 20.6 Å². The number of aryl methyl sites for hydroxylation is 1. The number of amides is 5. The quantitative estimate of drug-likeness (QED) is 0.113. The molecule has 4 aromatic rings. The minimum Gasteiger partial charge on any atom is -0.493 e. The van der Waals surface area contributed by atoms with Crippen molar-refractivity contribution in [1.29, 1.82) is 0 Å². The van der Waals surface area contributed by atoms with Gasteiger partial charge < -0.3 is 30.3 Å². The summed E-state index contributed by atoms with van der Waals surface area (Å²) in [5, 5.41) is 6.09. The van der Waals surface area contributed by atoms with Gasteiger partial charge in [0.1, 0.15) is 17.7 Å². The minimum absolute atomic E-state index is 0.00442. The highest BCUT2D eigenvalue weighted by Crippen LogP contribution is 2.47. The second-order valence-electron chi connectivity index (χ2n) is 19.1. The highest BCUT2D eigenvalue weighted by atomic mass is 19.4. The average Bonchev–Trinajstić information content (AvgIpc) is 4.04. The standard InChI is InChI=1S/C49H57F3N10O7/c1-28(30-19-31(49(50,51)52)21-32(53)20-30)54-44-37-23-41(40(68-4)24-38(37)55-29(2)56-44)69-27-48(11-12-48)26-58(3)43(64)25-59-15-17-61(18-16-59)33-9-13-60(14-10-33)34-5-6-35-36(22-34)47(67)62(46(35)66)39-7-8-42(63)57-45(39)65/h5-6,19-24,28,33,39H,7-18,25-27,53H2,1-4H3,(H,54,55,56)(H,57,63,65)/t28-,39?/m1/s1. The smallest absolute Gasteiger partial charge is 0.416 e. The number of halogens is 3. The maximum Gasteiger partial charge on any atom is 0.416 e. The van der Waals surface area contributed by atoms with Crippen LogP contribution in [0.25, 0.3) is 10.9 Å². The fourth-order valence-electron chi connectivity index (χ4n) is 10.1. The predicted octanol–water partition coefficient (Wildman–Crippen LogP) is 5.03. The van der Waals surface area contributed by atoms with Gasteiger partial charge in [0, 0.05) is 93.6 Å². The zero-order chi connectivity index (χ0) is 48.9. The van der Waals surface area contributed by atoms with E-state index >= 15 is 0 Å². The summed E-state index contributed by atoms with van der Waals surface area (Å²) in [6.07, 6.45) is -0.748. The number of hydrogen-bond donors (Lipinski definition) is 3. The molecule has 69 heavy (non-hydrogen) atoms. The van der Waals surface area contributed by atoms with Gasteiger partial charge in [-0.15, -0.1) is 0 Å². The number of imide groups is 2. The molecule has 4 fully saturated rings. The number of nitrogens with two attached hydrogens (primary N) is 1. The Balaban J connectivity index is 0.750. The number of likely N-dealkylation sites (N-methyl/N-ethyl adjacent to an activating group) is 1. The van der Waals surface area contributed by atoms with Crippen molar-refractivity contribution in [3.05, 3.63) is 76.6 Å². The van der Waals surface area contributed by atoms with E-state index < -0.39 is 47.5 Å². The van der Waals surface area contributed by atoms with Crippen LogP contribution < -0.4 is 30.7 Å². The summed E-state index contributed by atoms with van der Waals surface area (Å²) >= 11 is 0. The van der Waals surface area contributed by atoms with Crippen molar-refractivity contribution in [3.8, 4) is 11.5 Å². The fourth-order valence-corrected chi connectivity index (χ4v) is 10.1. The third-order valence-corrected chi connectivity index (χ3v) is 14.3. The van der Waals surface area contributed by atoms with Crippen molar-refractivity contribution in [3.63, 3.8) is 0 Å². The van der Waals surface area contributed by atoms with E-state index in [1.54, 1.807) is 50.1 Å². The number of nitrogens with zero attached hydrogens (tertiary/aromatic N) is 7. The molecule has 366 valence electrons. The van der Waals surface area contributed by atoms with Gasteiger partial charge in [-0.2, -0.15) is 13.2 Å². The third-order valence-electron chi connectivity index (χ3n) is 14.3. The van der Waals surface area contributed by atoms with Gasteiger partial charge in [-0.3, -0.25) is 44.0 Å². The third kappa shape index (κ3) is 9.99. The molecule has 9 rings (SSSR count). The van der Waals surface area contributed by atoms with Crippen LogP contribution in [0, 0.1) is 12.3 Å². The van der Waals surface area contributed by atoms with Crippen LogP contribution in [-0.4, -0.2) is 144 Å². The molecular weight excluding hydrogens is 898 g/mol. The molecule has 1 unspecified atom stereocenters. The van der Waals surface area contributed by atoms with Crippen LogP contribution in [0.5, 0.6) is 11.5 Å². The first kappa shape index (κ1) is 47.5. The molecule has 1 aromatic heterocycles. The number of carbonyl (C=O) groups is 5. The van der Waals surface area contributed by atoms with Crippen LogP contribution in [0.4, 0.5) is 30.4 Å². The number of ether oxygens (including phenoxy) is 2. The second kappa shape index (κ2) is 18.8. The van der Waals surface area contributed by atoms with Crippen LogP contribution in [0.15, 0.2) is 48.5 Å². The van der Waals surface area contributed by atoms with Gasteiger partial charge in [0.15, 0.2) is 11.5 Å². The Kier molecular flexibility index (Phi) is 12.9. The second-order valence-corrected chi connectivity index (χ2v) is 19.1. The molecule has 5 amide bonds. The summed E-state index contributed by atoms with van der Waals surface area (Å²) in [6.45, 7) is 9.44. The van der Waals surface area contributed by atoms with Crippen molar-refractivity contribution >= 4 is 57.6 Å². The van der Waals surface area contributed by atoms with E-state index in [0.717, 1.165) is 87.7 Å². The van der Waals surface area contributed by atoms with E-state index in [0.29, 0.717) is 65.3 Å². The largest absolute Gasteiger partial charge is 0.493 e. The van der Waals surface area contributed by atoms with E-state index in [-0.39, 0.29) is 41.0 Å². The Morgan fingerprint density at radius 1 is 0.942 bits per heavy atom. The molecule has 20 heteroatoms. The van der Waals surface area contributed by atoms with Gasteiger partial charge in [-0.25, -0.2) is 9.97 Å². The molecule has 0 bridgehead atoms. The van der Waals surface area contributed by atoms with E-state index in [4.69, 9.17) is 15.2 Å². The Bertz CT molecular complexity index is 2700. The molecular formula is C49H57F3N10O7. The number of piperazine rings is 1.